The minimum absolute atomic E-state index is 0.247. The van der Waals surface area contributed by atoms with E-state index in [1.807, 2.05) is 31.2 Å². The molecule has 1 N–H and O–H groups in total. The average molecular weight is 379 g/mol. The van der Waals surface area contributed by atoms with Crippen molar-refractivity contribution in [1.82, 2.24) is 15.0 Å². The van der Waals surface area contributed by atoms with Crippen molar-refractivity contribution in [3.05, 3.63) is 76.8 Å². The number of rotatable bonds is 3. The molecule has 6 heteroatoms. The lowest BCUT2D eigenvalue weighted by Gasteiger charge is -2.13. The molecule has 0 saturated carbocycles. The summed E-state index contributed by atoms with van der Waals surface area (Å²) >= 11 is 6.26. The monoisotopic (exact) mass is 378 g/mol. The maximum Gasteiger partial charge on any atom is 0.163 e. The van der Waals surface area contributed by atoms with E-state index in [9.17, 15) is 4.39 Å². The molecule has 2 heterocycles. The first kappa shape index (κ1) is 17.4. The van der Waals surface area contributed by atoms with Gasteiger partial charge in [-0.05, 0) is 67.4 Å². The molecular formula is C21H16ClFN4. The van der Waals surface area contributed by atoms with Crippen LogP contribution in [0.15, 0.2) is 54.9 Å². The lowest BCUT2D eigenvalue weighted by Crippen LogP contribution is -2.01. The largest absolute Gasteiger partial charge is 0.340 e. The van der Waals surface area contributed by atoms with Gasteiger partial charge in [-0.2, -0.15) is 0 Å². The molecule has 0 aliphatic carbocycles. The van der Waals surface area contributed by atoms with Gasteiger partial charge in [0.25, 0.3) is 0 Å². The molecule has 0 unspecified atom stereocenters. The Balaban J connectivity index is 1.92. The molecule has 0 bridgehead atoms. The van der Waals surface area contributed by atoms with Crippen molar-refractivity contribution in [2.45, 2.75) is 13.8 Å². The van der Waals surface area contributed by atoms with Gasteiger partial charge in [-0.1, -0.05) is 11.6 Å². The maximum absolute atomic E-state index is 13.6. The van der Waals surface area contributed by atoms with E-state index in [-0.39, 0.29) is 5.82 Å². The molecule has 4 aromatic rings. The zero-order valence-electron chi connectivity index (χ0n) is 14.8. The SMILES string of the molecule is Cc1cc(Nc2nc(-c3cccnc3)nc3c(C)cc(Cl)cc23)ccc1F. The Morgan fingerprint density at radius 3 is 2.59 bits per heavy atom. The minimum Gasteiger partial charge on any atom is -0.340 e. The molecule has 0 fully saturated rings. The second-order valence-corrected chi connectivity index (χ2v) is 6.78. The van der Waals surface area contributed by atoms with E-state index in [4.69, 9.17) is 16.6 Å². The van der Waals surface area contributed by atoms with Crippen LogP contribution < -0.4 is 5.32 Å². The number of benzene rings is 2. The Bertz CT molecular complexity index is 1150. The molecular weight excluding hydrogens is 363 g/mol. The summed E-state index contributed by atoms with van der Waals surface area (Å²) in [6.07, 6.45) is 3.42. The van der Waals surface area contributed by atoms with E-state index < -0.39 is 0 Å². The second-order valence-electron chi connectivity index (χ2n) is 6.35. The minimum atomic E-state index is -0.247. The normalized spacial score (nSPS) is 11.0. The summed E-state index contributed by atoms with van der Waals surface area (Å²) in [5.74, 6) is 0.917. The standard InChI is InChI=1S/C21H16ClFN4/c1-12-9-16(5-6-18(12)23)25-21-17-10-15(22)8-13(2)19(17)26-20(27-21)14-4-3-7-24-11-14/h3-11H,1-2H3,(H,25,26,27). The van der Waals surface area contributed by atoms with E-state index in [0.29, 0.717) is 22.2 Å². The Labute approximate surface area is 161 Å². The Morgan fingerprint density at radius 1 is 1.00 bits per heavy atom. The zero-order chi connectivity index (χ0) is 19.0. The third-order valence-corrected chi connectivity index (χ3v) is 4.51. The molecule has 0 saturated heterocycles. The van der Waals surface area contributed by atoms with Crippen LogP contribution in [0.2, 0.25) is 5.02 Å². The van der Waals surface area contributed by atoms with Gasteiger partial charge >= 0.3 is 0 Å². The molecule has 0 amide bonds. The first-order valence-corrected chi connectivity index (χ1v) is 8.80. The maximum atomic E-state index is 13.6. The van der Waals surface area contributed by atoms with E-state index in [2.05, 4.69) is 15.3 Å². The Morgan fingerprint density at radius 2 is 1.85 bits per heavy atom. The summed E-state index contributed by atoms with van der Waals surface area (Å²) in [5.41, 5.74) is 3.86. The number of hydrogen-bond acceptors (Lipinski definition) is 4. The van der Waals surface area contributed by atoms with E-state index in [1.54, 1.807) is 31.5 Å². The summed E-state index contributed by atoms with van der Waals surface area (Å²) in [6.45, 7) is 3.68. The molecule has 0 radical (unpaired) electrons. The van der Waals surface area contributed by atoms with Crippen LogP contribution in [0.1, 0.15) is 11.1 Å². The van der Waals surface area contributed by atoms with E-state index in [1.165, 1.54) is 6.07 Å². The predicted octanol–water partition coefficient (Wildman–Crippen LogP) is 5.84. The fourth-order valence-corrected chi connectivity index (χ4v) is 3.21. The molecule has 134 valence electrons. The van der Waals surface area contributed by atoms with Crippen molar-refractivity contribution in [2.75, 3.05) is 5.32 Å². The van der Waals surface area contributed by atoms with Crippen LogP contribution in [-0.4, -0.2) is 15.0 Å². The highest BCUT2D eigenvalue weighted by Crippen LogP contribution is 2.31. The third-order valence-electron chi connectivity index (χ3n) is 4.30. The molecule has 27 heavy (non-hydrogen) atoms. The summed E-state index contributed by atoms with van der Waals surface area (Å²) in [7, 11) is 0. The molecule has 4 rings (SSSR count). The number of anilines is 2. The van der Waals surface area contributed by atoms with Crippen LogP contribution >= 0.6 is 11.6 Å². The smallest absolute Gasteiger partial charge is 0.163 e. The van der Waals surface area contributed by atoms with Crippen LogP contribution in [0.25, 0.3) is 22.3 Å². The Kier molecular flexibility index (Phi) is 4.46. The van der Waals surface area contributed by atoms with Crippen LogP contribution in [0, 0.1) is 19.7 Å². The van der Waals surface area contributed by atoms with Crippen molar-refractivity contribution < 1.29 is 4.39 Å². The van der Waals surface area contributed by atoms with Gasteiger partial charge in [-0.3, -0.25) is 4.98 Å². The molecule has 2 aromatic heterocycles. The number of halogens is 2. The Hall–Kier alpha value is -3.05. The van der Waals surface area contributed by atoms with Crippen LogP contribution in [0.3, 0.4) is 0 Å². The fourth-order valence-electron chi connectivity index (χ4n) is 2.94. The molecule has 0 spiro atoms. The van der Waals surface area contributed by atoms with Crippen molar-refractivity contribution in [3.8, 4) is 11.4 Å². The number of hydrogen-bond donors (Lipinski definition) is 1. The van der Waals surface area contributed by atoms with Gasteiger partial charge in [0, 0.05) is 34.1 Å². The van der Waals surface area contributed by atoms with Gasteiger partial charge in [0.15, 0.2) is 5.82 Å². The first-order chi connectivity index (χ1) is 13.0. The molecule has 4 nitrogen and oxygen atoms in total. The van der Waals surface area contributed by atoms with Crippen molar-refractivity contribution in [2.24, 2.45) is 0 Å². The average Bonchev–Trinajstić information content (AvgIpc) is 2.66. The number of aromatic nitrogens is 3. The molecule has 2 aromatic carbocycles. The van der Waals surface area contributed by atoms with Gasteiger partial charge in [-0.15, -0.1) is 0 Å². The van der Waals surface area contributed by atoms with Gasteiger partial charge in [0.05, 0.1) is 5.52 Å². The molecule has 0 atom stereocenters. The second kappa shape index (κ2) is 6.93. The molecule has 0 aliphatic heterocycles. The zero-order valence-corrected chi connectivity index (χ0v) is 15.5. The number of nitrogens with one attached hydrogen (secondary N) is 1. The first-order valence-electron chi connectivity index (χ1n) is 8.43. The quantitative estimate of drug-likeness (QED) is 0.486. The van der Waals surface area contributed by atoms with Crippen molar-refractivity contribution in [3.63, 3.8) is 0 Å². The van der Waals surface area contributed by atoms with Crippen LogP contribution in [-0.2, 0) is 0 Å². The third kappa shape index (κ3) is 3.46. The molecule has 0 aliphatic rings. The summed E-state index contributed by atoms with van der Waals surface area (Å²) in [5, 5.41) is 4.69. The fraction of sp³-hybridized carbons (Fsp3) is 0.0952. The highest BCUT2D eigenvalue weighted by Gasteiger charge is 2.13. The topological polar surface area (TPSA) is 50.7 Å². The lowest BCUT2D eigenvalue weighted by molar-refractivity contribution is 0.619. The number of nitrogens with zero attached hydrogens (tertiary/aromatic N) is 3. The number of fused-ring (bicyclic) bond motifs is 1. The summed E-state index contributed by atoms with van der Waals surface area (Å²) < 4.78 is 13.6. The highest BCUT2D eigenvalue weighted by atomic mass is 35.5. The van der Waals surface area contributed by atoms with Crippen molar-refractivity contribution in [1.29, 1.82) is 0 Å². The lowest BCUT2D eigenvalue weighted by atomic mass is 10.1. The van der Waals surface area contributed by atoms with E-state index in [0.717, 1.165) is 27.7 Å². The summed E-state index contributed by atoms with van der Waals surface area (Å²) in [4.78, 5) is 13.5. The summed E-state index contributed by atoms with van der Waals surface area (Å²) in [6, 6.07) is 12.3. The van der Waals surface area contributed by atoms with E-state index >= 15 is 0 Å². The van der Waals surface area contributed by atoms with Crippen LogP contribution in [0.4, 0.5) is 15.9 Å². The van der Waals surface area contributed by atoms with Crippen molar-refractivity contribution >= 4 is 34.0 Å². The van der Waals surface area contributed by atoms with Gasteiger partial charge in [0.2, 0.25) is 0 Å². The number of pyridine rings is 1. The van der Waals surface area contributed by atoms with Gasteiger partial charge in [0.1, 0.15) is 11.6 Å². The van der Waals surface area contributed by atoms with Crippen LogP contribution in [0.5, 0.6) is 0 Å². The number of aryl methyl sites for hydroxylation is 2. The predicted molar refractivity (Wildman–Crippen MR) is 107 cm³/mol. The highest BCUT2D eigenvalue weighted by molar-refractivity contribution is 6.31. The van der Waals surface area contributed by atoms with Gasteiger partial charge < -0.3 is 5.32 Å². The van der Waals surface area contributed by atoms with Gasteiger partial charge in [-0.25, -0.2) is 14.4 Å².